The van der Waals surface area contributed by atoms with Crippen molar-refractivity contribution in [2.45, 2.75) is 124 Å². The summed E-state index contributed by atoms with van der Waals surface area (Å²) >= 11 is 0. The number of methoxy groups -OCH3 is 2. The zero-order valence-electron chi connectivity index (χ0n) is 50.1. The summed E-state index contributed by atoms with van der Waals surface area (Å²) in [5.41, 5.74) is -0.749. The topological polar surface area (TPSA) is 267 Å². The van der Waals surface area contributed by atoms with Crippen molar-refractivity contribution in [3.63, 3.8) is 0 Å². The number of nitrogens with zero attached hydrogens (tertiary/aromatic N) is 5. The number of phenolic OH excluding ortho intramolecular Hbond substituents is 1. The quantitative estimate of drug-likeness (QED) is 0.148. The smallest absolute Gasteiger partial charge is 0.302 e. The molecule has 2 aromatic carbocycles. The second-order valence-electron chi connectivity index (χ2n) is 23.3. The molecule has 6 heterocycles. The summed E-state index contributed by atoms with van der Waals surface area (Å²) < 4.78 is 54.7. The summed E-state index contributed by atoms with van der Waals surface area (Å²) in [5, 5.41) is 42.8. The number of ether oxygens (including phenoxy) is 6. The van der Waals surface area contributed by atoms with Crippen LogP contribution in [0.15, 0.2) is 69.7 Å². The zero-order valence-corrected chi connectivity index (χ0v) is 50.1. The molecule has 0 spiro atoms. The van der Waals surface area contributed by atoms with Crippen molar-refractivity contribution in [1.82, 2.24) is 19.7 Å². The standard InChI is InChI=1S/C62H77FN6O16/c1-30-14-13-15-31(2)61(78)64-47-50(66-21-24-81-25-22-66)56(77)44-45(55(47)76)54(75)37(8)58-46(44)60(62(10,85-58)82-23-18-42(79-11)34(5)57(84-38(9)70)36(7)53(74)35(6)51(30)72)65-83-29-43(71)68-20-19-67(28-33(68)4)49-41(63)26-40-48(59(49)80-12)69(39-16-17-39)27-32(3)52(40)73/h13-15,18,23,26-27,30,33-36,39,42,51,53,57,72,74-75H,16-17,19-22,24-25,28-29H2,1-12H3,(H,64,78)/b14-13+,23-18+,31-15-,65-60+/t30-,33?,34+,35+,36+,42-,51-,53+,57+,62-/m0/s1. The molecule has 10 rings (SSSR count). The van der Waals surface area contributed by atoms with E-state index >= 15 is 14.0 Å². The molecule has 22 nitrogen and oxygen atoms in total. The van der Waals surface area contributed by atoms with E-state index in [2.05, 4.69) is 10.5 Å². The molecular weight excluding hydrogens is 1100 g/mol. The summed E-state index contributed by atoms with van der Waals surface area (Å²) in [7, 11) is 2.87. The molecule has 1 saturated carbocycles. The molecule has 5 aliphatic heterocycles. The van der Waals surface area contributed by atoms with E-state index in [0.29, 0.717) is 11.1 Å². The fourth-order valence-electron chi connectivity index (χ4n) is 12.4. The highest BCUT2D eigenvalue weighted by atomic mass is 19.1. The maximum absolute atomic E-state index is 16.3. The number of aromatic hydroxyl groups is 1. The number of phenols is 1. The van der Waals surface area contributed by atoms with Gasteiger partial charge in [0.1, 0.15) is 34.7 Å². The molecule has 85 heavy (non-hydrogen) atoms. The van der Waals surface area contributed by atoms with Crippen LogP contribution in [0.2, 0.25) is 0 Å². The third-order valence-electron chi connectivity index (χ3n) is 17.4. The number of aliphatic hydroxyl groups excluding tert-OH is 2. The van der Waals surface area contributed by atoms with Crippen molar-refractivity contribution in [2.24, 2.45) is 28.8 Å². The first-order chi connectivity index (χ1) is 40.3. The summed E-state index contributed by atoms with van der Waals surface area (Å²) in [6.45, 7) is 16.4. The SMILES string of the molecule is COc1c(N2CCN(C(=O)CO/N=C3\c4c5c(C)c(O)c6c4C(=O)C(N4CCOCC4)=C(NC(=O)/C(C)=C\C=C\[C@H](C)[C@H](O)[C@@H](C)[C@@H](O)[C@@H](C)[C@H](OC(C)=O)[C@H](C)[C@@H](OC)/C=C/O[C@@]3(C)O5)C6=O)C(C)C2)c(F)cc2c(=O)c(C)cn(C3CC3)c12. The van der Waals surface area contributed by atoms with Crippen LogP contribution >= 0.6 is 0 Å². The Morgan fingerprint density at radius 1 is 0.894 bits per heavy atom. The summed E-state index contributed by atoms with van der Waals surface area (Å²) in [4.78, 5) is 96.1. The van der Waals surface area contributed by atoms with E-state index in [-0.39, 0.29) is 114 Å². The third kappa shape index (κ3) is 11.7. The fraction of sp³-hybridized carbons (Fsp3) is 0.532. The van der Waals surface area contributed by atoms with Crippen LogP contribution in [-0.2, 0) is 38.2 Å². The number of halogens is 1. The Labute approximate surface area is 492 Å². The van der Waals surface area contributed by atoms with E-state index < -0.39 is 119 Å². The number of anilines is 1. The van der Waals surface area contributed by atoms with Crippen LogP contribution in [-0.4, -0.2) is 168 Å². The number of rotatable bonds is 9. The van der Waals surface area contributed by atoms with Gasteiger partial charge in [-0.05, 0) is 52.7 Å². The number of aromatic nitrogens is 1. The first kappa shape index (κ1) is 61.9. The van der Waals surface area contributed by atoms with Crippen molar-refractivity contribution in [3.05, 3.63) is 104 Å². The monoisotopic (exact) mass is 1180 g/mol. The Morgan fingerprint density at radius 3 is 2.25 bits per heavy atom. The number of oxime groups is 1. The number of ketones is 2. The van der Waals surface area contributed by atoms with E-state index in [1.54, 1.807) is 74.6 Å². The van der Waals surface area contributed by atoms with Gasteiger partial charge in [-0.25, -0.2) is 4.39 Å². The fourth-order valence-corrected chi connectivity index (χ4v) is 12.4. The molecule has 2 amide bonds. The number of aryl methyl sites for hydroxylation is 1. The lowest BCUT2D eigenvalue weighted by Gasteiger charge is -2.41. The molecule has 3 fully saturated rings. The van der Waals surface area contributed by atoms with E-state index in [1.807, 2.05) is 4.57 Å². The zero-order chi connectivity index (χ0) is 61.7. The first-order valence-electron chi connectivity index (χ1n) is 28.8. The second-order valence-corrected chi connectivity index (χ2v) is 23.3. The van der Waals surface area contributed by atoms with E-state index in [9.17, 15) is 34.5 Å². The number of aliphatic hydroxyl groups is 2. The molecule has 23 heteroatoms. The minimum absolute atomic E-state index is 0.00924. The molecule has 0 radical (unpaired) electrons. The van der Waals surface area contributed by atoms with Crippen LogP contribution in [0.3, 0.4) is 0 Å². The first-order valence-corrected chi connectivity index (χ1v) is 28.8. The average molecular weight is 1180 g/mol. The highest BCUT2D eigenvalue weighted by Gasteiger charge is 2.53. The highest BCUT2D eigenvalue weighted by Crippen LogP contribution is 2.50. The van der Waals surface area contributed by atoms with Crippen molar-refractivity contribution in [1.29, 1.82) is 0 Å². The highest BCUT2D eigenvalue weighted by molar-refractivity contribution is 6.33. The second kappa shape index (κ2) is 24.8. The van der Waals surface area contributed by atoms with Crippen LogP contribution in [0.4, 0.5) is 10.1 Å². The molecule has 4 N–H and O–H groups in total. The normalized spacial score (nSPS) is 29.7. The van der Waals surface area contributed by atoms with Crippen LogP contribution in [0.5, 0.6) is 17.2 Å². The third-order valence-corrected chi connectivity index (χ3v) is 17.4. The lowest BCUT2D eigenvalue weighted by atomic mass is 9.78. The van der Waals surface area contributed by atoms with Gasteiger partial charge in [0.15, 0.2) is 29.3 Å². The molecule has 5 bridgehead atoms. The van der Waals surface area contributed by atoms with Gasteiger partial charge in [0.05, 0.1) is 72.5 Å². The number of nitrogens with one attached hydrogen (secondary N) is 1. The van der Waals surface area contributed by atoms with Crippen molar-refractivity contribution in [2.75, 3.05) is 71.7 Å². The molecule has 458 valence electrons. The van der Waals surface area contributed by atoms with Gasteiger partial charge in [0, 0.05) is 112 Å². The average Bonchev–Trinajstić information content (AvgIpc) is 1.71. The van der Waals surface area contributed by atoms with Gasteiger partial charge >= 0.3 is 5.97 Å². The molecule has 1 unspecified atom stereocenters. The Bertz CT molecular complexity index is 3410. The van der Waals surface area contributed by atoms with Crippen molar-refractivity contribution >= 4 is 51.7 Å². The predicted octanol–water partition coefficient (Wildman–Crippen LogP) is 5.67. The molecule has 3 aromatic rings. The molecule has 2 aliphatic carbocycles. The van der Waals surface area contributed by atoms with Gasteiger partial charge in [0.25, 0.3) is 17.6 Å². The minimum Gasteiger partial charge on any atom is -0.507 e. The number of hydrogen-bond acceptors (Lipinski definition) is 19. The largest absolute Gasteiger partial charge is 0.507 e. The number of amides is 2. The van der Waals surface area contributed by atoms with Gasteiger partial charge < -0.3 is 73.2 Å². The lowest BCUT2D eigenvalue weighted by molar-refractivity contribution is -0.160. The van der Waals surface area contributed by atoms with Crippen molar-refractivity contribution < 1.29 is 76.9 Å². The number of hydrogen-bond donors (Lipinski definition) is 4. The number of piperazine rings is 1. The Kier molecular flexibility index (Phi) is 18.1. The van der Waals surface area contributed by atoms with Crippen LogP contribution in [0.25, 0.3) is 10.9 Å². The number of morpholine rings is 1. The number of pyridine rings is 1. The number of carbonyl (C=O) groups is 5. The molecule has 7 aliphatic rings. The number of fused-ring (bicyclic) bond motifs is 15. The number of Topliss-reactive ketones (excluding diaryl/α,β-unsaturated/α-hetero) is 2. The summed E-state index contributed by atoms with van der Waals surface area (Å²) in [6, 6.07) is 0.881. The molecule has 1 aromatic heterocycles. The lowest BCUT2D eigenvalue weighted by Crippen LogP contribution is -2.55. The van der Waals surface area contributed by atoms with E-state index in [1.165, 1.54) is 66.4 Å². The maximum Gasteiger partial charge on any atom is 0.302 e. The van der Waals surface area contributed by atoms with E-state index in [4.69, 9.17) is 33.3 Å². The number of allylic oxidation sites excluding steroid dienone is 4. The minimum atomic E-state index is -2.06. The number of esters is 1. The summed E-state index contributed by atoms with van der Waals surface area (Å²) in [6.07, 6.45) is 6.85. The summed E-state index contributed by atoms with van der Waals surface area (Å²) in [5.74, 6) is -9.56. The Hall–Kier alpha value is -7.60. The van der Waals surface area contributed by atoms with E-state index in [0.717, 1.165) is 12.8 Å². The number of benzene rings is 2. The van der Waals surface area contributed by atoms with Crippen LogP contribution in [0.1, 0.15) is 112 Å². The van der Waals surface area contributed by atoms with Crippen LogP contribution in [0, 0.1) is 43.3 Å². The maximum atomic E-state index is 16.3. The van der Waals surface area contributed by atoms with Gasteiger partial charge in [-0.3, -0.25) is 28.8 Å². The Morgan fingerprint density at radius 2 is 1.60 bits per heavy atom. The van der Waals surface area contributed by atoms with Gasteiger partial charge in [-0.15, -0.1) is 0 Å². The van der Waals surface area contributed by atoms with Gasteiger partial charge in [-0.2, -0.15) is 0 Å². The molecule has 2 saturated heterocycles. The Balaban J connectivity index is 1.10. The molecular formula is C62H77FN6O16. The predicted molar refractivity (Wildman–Crippen MR) is 310 cm³/mol. The number of carbonyl (C=O) groups excluding carboxylic acids is 5. The molecule has 10 atom stereocenters. The van der Waals surface area contributed by atoms with Crippen LogP contribution < -0.4 is 25.1 Å². The van der Waals surface area contributed by atoms with Gasteiger partial charge in [0.2, 0.25) is 11.6 Å². The van der Waals surface area contributed by atoms with Gasteiger partial charge in [-0.1, -0.05) is 51.1 Å². The van der Waals surface area contributed by atoms with Crippen molar-refractivity contribution in [3.8, 4) is 17.2 Å².